The highest BCUT2D eigenvalue weighted by molar-refractivity contribution is 8.18. The summed E-state index contributed by atoms with van der Waals surface area (Å²) in [6.07, 6.45) is 3.49. The van der Waals surface area contributed by atoms with Crippen molar-refractivity contribution >= 4 is 22.4 Å². The van der Waals surface area contributed by atoms with Gasteiger partial charge in [-0.15, -0.1) is 0 Å². The largest absolute Gasteiger partial charge is 0.410 e. The minimum absolute atomic E-state index is 0.501. The molecule has 0 radical (unpaired) electrons. The highest BCUT2D eigenvalue weighted by Gasteiger charge is 2.16. The van der Waals surface area contributed by atoms with E-state index in [4.69, 9.17) is 5.21 Å². The zero-order valence-corrected chi connectivity index (χ0v) is 10.0. The Morgan fingerprint density at radius 1 is 1.35 bits per heavy atom. The van der Waals surface area contributed by atoms with Crippen LogP contribution in [0.15, 0.2) is 46.5 Å². The lowest BCUT2D eigenvalue weighted by molar-refractivity contribution is 0.321. The van der Waals surface area contributed by atoms with Crippen molar-refractivity contribution in [1.82, 2.24) is 0 Å². The molecule has 3 nitrogen and oxygen atoms in total. The van der Waals surface area contributed by atoms with Gasteiger partial charge in [0.25, 0.3) is 0 Å². The molecule has 0 atom stereocenters. The highest BCUT2D eigenvalue weighted by Crippen LogP contribution is 2.34. The molecular formula is C13H10N2OS. The number of aryl methyl sites for hydroxylation is 1. The molecule has 1 aliphatic heterocycles. The molecule has 1 N–H and O–H groups in total. The van der Waals surface area contributed by atoms with Crippen molar-refractivity contribution in [2.45, 2.75) is 6.92 Å². The third-order valence-corrected chi connectivity index (χ3v) is 3.45. The molecule has 17 heavy (non-hydrogen) atoms. The molecule has 84 valence electrons. The Hall–Kier alpha value is -1.99. The molecule has 0 aliphatic carbocycles. The molecule has 0 saturated carbocycles. The van der Waals surface area contributed by atoms with Gasteiger partial charge in [-0.1, -0.05) is 41.2 Å². The van der Waals surface area contributed by atoms with Gasteiger partial charge >= 0.3 is 0 Å². The second-order valence-electron chi connectivity index (χ2n) is 3.54. The van der Waals surface area contributed by atoms with Crippen molar-refractivity contribution in [3.05, 3.63) is 52.4 Å². The molecule has 0 amide bonds. The van der Waals surface area contributed by atoms with E-state index >= 15 is 0 Å². The van der Waals surface area contributed by atoms with E-state index in [1.54, 1.807) is 12.2 Å². The summed E-state index contributed by atoms with van der Waals surface area (Å²) in [6.45, 7) is 1.97. The molecule has 1 heterocycles. The topological polar surface area (TPSA) is 56.4 Å². The fourth-order valence-electron chi connectivity index (χ4n) is 1.62. The van der Waals surface area contributed by atoms with Crippen molar-refractivity contribution in [3.63, 3.8) is 0 Å². The predicted molar refractivity (Wildman–Crippen MR) is 69.7 cm³/mol. The normalized spacial score (nSPS) is 19.4. The van der Waals surface area contributed by atoms with E-state index in [2.05, 4.69) is 11.2 Å². The number of hydrogen-bond donors (Lipinski definition) is 1. The third-order valence-electron chi connectivity index (χ3n) is 2.46. The first-order valence-electron chi connectivity index (χ1n) is 5.04. The predicted octanol–water partition coefficient (Wildman–Crippen LogP) is 3.32. The zero-order valence-electron chi connectivity index (χ0n) is 9.21. The van der Waals surface area contributed by atoms with Crippen LogP contribution < -0.4 is 0 Å². The Bertz CT molecular complexity index is 579. The van der Waals surface area contributed by atoms with Crippen molar-refractivity contribution in [2.24, 2.45) is 5.16 Å². The molecule has 4 heteroatoms. The van der Waals surface area contributed by atoms with Gasteiger partial charge < -0.3 is 5.21 Å². The quantitative estimate of drug-likeness (QED) is 0.467. The van der Waals surface area contributed by atoms with Crippen LogP contribution in [0, 0.1) is 18.3 Å². The second-order valence-corrected chi connectivity index (χ2v) is 4.60. The number of allylic oxidation sites excluding steroid dienone is 2. The van der Waals surface area contributed by atoms with E-state index < -0.39 is 0 Å². The van der Waals surface area contributed by atoms with E-state index in [0.717, 1.165) is 16.0 Å². The minimum atomic E-state index is 0.501. The molecule has 0 saturated heterocycles. The number of nitrogens with zero attached hydrogens (tertiary/aromatic N) is 2. The first-order chi connectivity index (χ1) is 8.26. The van der Waals surface area contributed by atoms with Gasteiger partial charge in [-0.2, -0.15) is 5.26 Å². The van der Waals surface area contributed by atoms with E-state index in [1.165, 1.54) is 11.8 Å². The monoisotopic (exact) mass is 242 g/mol. The number of rotatable bonds is 1. The Morgan fingerprint density at radius 3 is 2.71 bits per heavy atom. The number of benzene rings is 1. The van der Waals surface area contributed by atoms with E-state index in [0.29, 0.717) is 10.6 Å². The van der Waals surface area contributed by atoms with E-state index in [-0.39, 0.29) is 0 Å². The lowest BCUT2D eigenvalue weighted by Gasteiger charge is -2.05. The van der Waals surface area contributed by atoms with Crippen LogP contribution in [0.4, 0.5) is 0 Å². The summed E-state index contributed by atoms with van der Waals surface area (Å²) < 4.78 is 0. The minimum Gasteiger partial charge on any atom is -0.410 e. The number of oxime groups is 1. The van der Waals surface area contributed by atoms with Crippen molar-refractivity contribution in [2.75, 3.05) is 0 Å². The first-order valence-corrected chi connectivity index (χ1v) is 5.86. The molecule has 0 bridgehead atoms. The Balaban J connectivity index is 2.50. The summed E-state index contributed by atoms with van der Waals surface area (Å²) in [4.78, 5) is 0.814. The maximum Gasteiger partial charge on any atom is 0.140 e. The average molecular weight is 242 g/mol. The van der Waals surface area contributed by atoms with Gasteiger partial charge in [-0.3, -0.25) is 0 Å². The van der Waals surface area contributed by atoms with Crippen LogP contribution in [0.3, 0.4) is 0 Å². The van der Waals surface area contributed by atoms with E-state index in [1.807, 2.05) is 31.2 Å². The van der Waals surface area contributed by atoms with Gasteiger partial charge in [0.05, 0.1) is 5.57 Å². The van der Waals surface area contributed by atoms with Crippen molar-refractivity contribution in [3.8, 4) is 6.07 Å². The standard InChI is InChI=1S/C13H10N2OS/c1-9-4-2-3-5-10(9)11(8-14)12-6-7-13(15-16)17-12/h2-7,16H,1H3/b12-11-,15-13-. The van der Waals surface area contributed by atoms with Gasteiger partial charge in [0.1, 0.15) is 11.1 Å². The molecule has 1 aliphatic rings. The maximum absolute atomic E-state index is 9.27. The van der Waals surface area contributed by atoms with Crippen LogP contribution in [0.25, 0.3) is 5.57 Å². The number of hydrogen-bond acceptors (Lipinski definition) is 4. The number of nitriles is 1. The summed E-state index contributed by atoms with van der Waals surface area (Å²) in [5.74, 6) is 0. The van der Waals surface area contributed by atoms with Gasteiger partial charge in [-0.05, 0) is 30.2 Å². The molecule has 1 aromatic carbocycles. The highest BCUT2D eigenvalue weighted by atomic mass is 32.2. The average Bonchev–Trinajstić information content (AvgIpc) is 2.81. The first kappa shape index (κ1) is 11.5. The Labute approximate surface area is 104 Å². The van der Waals surface area contributed by atoms with Crippen LogP contribution in [0.2, 0.25) is 0 Å². The van der Waals surface area contributed by atoms with Gasteiger partial charge in [0.2, 0.25) is 0 Å². The van der Waals surface area contributed by atoms with Crippen LogP contribution in [-0.2, 0) is 0 Å². The second kappa shape index (κ2) is 4.89. The summed E-state index contributed by atoms with van der Waals surface area (Å²) in [5.41, 5.74) is 2.59. The summed E-state index contributed by atoms with van der Waals surface area (Å²) >= 11 is 1.29. The summed E-state index contributed by atoms with van der Waals surface area (Å²) in [6, 6.07) is 9.96. The molecule has 0 fully saturated rings. The van der Waals surface area contributed by atoms with Gasteiger partial charge in [0.15, 0.2) is 0 Å². The Kier molecular flexibility index (Phi) is 3.31. The molecule has 0 unspecified atom stereocenters. The molecule has 0 aromatic heterocycles. The van der Waals surface area contributed by atoms with Crippen molar-refractivity contribution < 1.29 is 5.21 Å². The fraction of sp³-hybridized carbons (Fsp3) is 0.0769. The summed E-state index contributed by atoms with van der Waals surface area (Å²) in [7, 11) is 0. The molecule has 1 aromatic rings. The van der Waals surface area contributed by atoms with E-state index in [9.17, 15) is 5.26 Å². The third kappa shape index (κ3) is 2.24. The lowest BCUT2D eigenvalue weighted by atomic mass is 10.0. The van der Waals surface area contributed by atoms with Crippen LogP contribution >= 0.6 is 11.8 Å². The van der Waals surface area contributed by atoms with Crippen molar-refractivity contribution in [1.29, 1.82) is 5.26 Å². The fourth-order valence-corrected chi connectivity index (χ4v) is 2.41. The number of thioether (sulfide) groups is 1. The summed E-state index contributed by atoms with van der Waals surface area (Å²) in [5, 5.41) is 21.6. The zero-order chi connectivity index (χ0) is 12.3. The Morgan fingerprint density at radius 2 is 2.12 bits per heavy atom. The SMILES string of the molecule is Cc1ccccc1/C(C#N)=C1C=C/C(=N/O)S/1. The van der Waals surface area contributed by atoms with Crippen LogP contribution in [0.5, 0.6) is 0 Å². The molecular weight excluding hydrogens is 232 g/mol. The van der Waals surface area contributed by atoms with Gasteiger partial charge in [-0.25, -0.2) is 0 Å². The van der Waals surface area contributed by atoms with Crippen LogP contribution in [-0.4, -0.2) is 10.3 Å². The van der Waals surface area contributed by atoms with Gasteiger partial charge in [0, 0.05) is 4.91 Å². The molecule has 0 spiro atoms. The maximum atomic E-state index is 9.27. The smallest absolute Gasteiger partial charge is 0.140 e. The molecule has 2 rings (SSSR count). The lowest BCUT2D eigenvalue weighted by Crippen LogP contribution is -1.88. The van der Waals surface area contributed by atoms with Crippen LogP contribution in [0.1, 0.15) is 11.1 Å².